The van der Waals surface area contributed by atoms with Crippen LogP contribution >= 0.6 is 0 Å². The lowest BCUT2D eigenvalue weighted by atomic mass is 9.99. The van der Waals surface area contributed by atoms with Crippen LogP contribution in [0.3, 0.4) is 0 Å². The van der Waals surface area contributed by atoms with Crippen LogP contribution in [-0.2, 0) is 20.0 Å². The highest BCUT2D eigenvalue weighted by Gasteiger charge is 2.36. The molecule has 12 nitrogen and oxygen atoms in total. The van der Waals surface area contributed by atoms with Gasteiger partial charge < -0.3 is 19.3 Å². The van der Waals surface area contributed by atoms with E-state index in [9.17, 15) is 31.1 Å². The van der Waals surface area contributed by atoms with Crippen molar-refractivity contribution >= 4 is 31.6 Å². The van der Waals surface area contributed by atoms with Crippen LogP contribution in [0.1, 0.15) is 35.7 Å². The number of halogens is 1. The number of rotatable bonds is 9. The van der Waals surface area contributed by atoms with Crippen LogP contribution in [0, 0.1) is 25.6 Å². The van der Waals surface area contributed by atoms with E-state index in [4.69, 9.17) is 9.26 Å². The highest BCUT2D eigenvalue weighted by Crippen LogP contribution is 2.32. The third kappa shape index (κ3) is 6.28. The van der Waals surface area contributed by atoms with Crippen LogP contribution in [0.15, 0.2) is 56.8 Å². The number of ether oxygens (including phenoxy) is 1. The molecule has 3 aromatic rings. The van der Waals surface area contributed by atoms with Crippen molar-refractivity contribution in [1.82, 2.24) is 14.4 Å². The number of aliphatic hydroxyl groups is 1. The number of aliphatic hydroxyl groups excluding tert-OH is 1. The smallest absolute Gasteiger partial charge is 0.267 e. The summed E-state index contributed by atoms with van der Waals surface area (Å²) in [6, 6.07) is 8.04. The van der Waals surface area contributed by atoms with Crippen LogP contribution in [-0.4, -0.2) is 81.1 Å². The summed E-state index contributed by atoms with van der Waals surface area (Å²) in [6.45, 7) is 6.08. The Hall–Kier alpha value is -3.53. The Balaban J connectivity index is 1.69. The molecule has 1 aromatic heterocycles. The van der Waals surface area contributed by atoms with Crippen molar-refractivity contribution in [2.24, 2.45) is 5.92 Å². The Bertz CT molecular complexity index is 1660. The summed E-state index contributed by atoms with van der Waals surface area (Å²) in [5.74, 6) is -1.24. The molecule has 1 aliphatic heterocycles. The lowest BCUT2D eigenvalue weighted by Gasteiger charge is -2.38. The fourth-order valence-electron chi connectivity index (χ4n) is 4.71. The fourth-order valence-corrected chi connectivity index (χ4v) is 7.27. The van der Waals surface area contributed by atoms with Crippen LogP contribution in [0.25, 0.3) is 0 Å². The van der Waals surface area contributed by atoms with E-state index in [0.717, 1.165) is 16.4 Å². The number of fused-ring (bicyclic) bond motifs is 1. The van der Waals surface area contributed by atoms with Crippen LogP contribution in [0.5, 0.6) is 5.75 Å². The molecular formula is C27H33FN4O8S2. The number of carbonyl (C=O) groups is 1. The van der Waals surface area contributed by atoms with Gasteiger partial charge in [0.25, 0.3) is 15.9 Å². The van der Waals surface area contributed by atoms with Crippen LogP contribution in [0.2, 0.25) is 0 Å². The van der Waals surface area contributed by atoms with E-state index < -0.39 is 43.9 Å². The third-order valence-corrected chi connectivity index (χ3v) is 10.6. The van der Waals surface area contributed by atoms with Crippen molar-refractivity contribution in [2.75, 3.05) is 31.5 Å². The molecular weight excluding hydrogens is 591 g/mol. The van der Waals surface area contributed by atoms with Crippen molar-refractivity contribution < 1.29 is 40.4 Å². The number of carbonyl (C=O) groups excluding carboxylic acids is 1. The molecule has 0 saturated carbocycles. The summed E-state index contributed by atoms with van der Waals surface area (Å²) in [5.41, 5.74) is 0.267. The van der Waals surface area contributed by atoms with Gasteiger partial charge in [-0.2, -0.15) is 4.31 Å². The Kier molecular flexibility index (Phi) is 8.97. The normalized spacial score (nSPS) is 18.7. The highest BCUT2D eigenvalue weighted by molar-refractivity contribution is 7.92. The summed E-state index contributed by atoms with van der Waals surface area (Å²) in [5, 5.41) is 13.6. The van der Waals surface area contributed by atoms with E-state index in [-0.39, 0.29) is 63.9 Å². The van der Waals surface area contributed by atoms with E-state index in [0.29, 0.717) is 0 Å². The first-order valence-electron chi connectivity index (χ1n) is 13.1. The van der Waals surface area contributed by atoms with Gasteiger partial charge in [0.05, 0.1) is 29.7 Å². The zero-order chi connectivity index (χ0) is 31.0. The molecule has 1 aliphatic rings. The predicted octanol–water partition coefficient (Wildman–Crippen LogP) is 2.77. The summed E-state index contributed by atoms with van der Waals surface area (Å²) in [7, 11) is -6.74. The number of aromatic nitrogens is 1. The molecule has 15 heteroatoms. The number of nitrogens with one attached hydrogen (secondary N) is 1. The molecule has 0 unspecified atom stereocenters. The molecule has 2 heterocycles. The van der Waals surface area contributed by atoms with E-state index in [1.54, 1.807) is 13.8 Å². The Morgan fingerprint density at radius 2 is 1.83 bits per heavy atom. The molecule has 1 amide bonds. The predicted molar refractivity (Wildman–Crippen MR) is 151 cm³/mol. The van der Waals surface area contributed by atoms with Gasteiger partial charge in [0, 0.05) is 25.2 Å². The van der Waals surface area contributed by atoms with Crippen molar-refractivity contribution in [3.63, 3.8) is 0 Å². The van der Waals surface area contributed by atoms with Crippen LogP contribution < -0.4 is 9.46 Å². The quantitative estimate of drug-likeness (QED) is 0.365. The second kappa shape index (κ2) is 12.0. The fraction of sp³-hybridized carbons (Fsp3) is 0.407. The van der Waals surface area contributed by atoms with Gasteiger partial charge in [0.2, 0.25) is 10.0 Å². The van der Waals surface area contributed by atoms with E-state index in [2.05, 4.69) is 9.88 Å². The first kappa shape index (κ1) is 31.4. The molecule has 3 atom stereocenters. The van der Waals surface area contributed by atoms with Crippen molar-refractivity contribution in [1.29, 1.82) is 0 Å². The molecule has 0 saturated heterocycles. The lowest BCUT2D eigenvalue weighted by Crippen LogP contribution is -2.50. The largest absolute Gasteiger partial charge is 0.488 e. The monoisotopic (exact) mass is 624 g/mol. The third-order valence-electron chi connectivity index (χ3n) is 7.11. The maximum Gasteiger partial charge on any atom is 0.267 e. The van der Waals surface area contributed by atoms with Gasteiger partial charge in [0.15, 0.2) is 10.7 Å². The second-order valence-corrected chi connectivity index (χ2v) is 14.0. The van der Waals surface area contributed by atoms with Gasteiger partial charge in [-0.05, 0) is 63.2 Å². The van der Waals surface area contributed by atoms with Crippen molar-refractivity contribution in [3.05, 3.63) is 65.3 Å². The minimum atomic E-state index is -4.12. The zero-order valence-corrected chi connectivity index (χ0v) is 25.4. The molecule has 42 heavy (non-hydrogen) atoms. The summed E-state index contributed by atoms with van der Waals surface area (Å²) in [6.07, 6.45) is -0.754. The molecule has 0 aliphatic carbocycles. The van der Waals surface area contributed by atoms with Gasteiger partial charge in [-0.25, -0.2) is 21.2 Å². The minimum Gasteiger partial charge on any atom is -0.488 e. The van der Waals surface area contributed by atoms with Crippen molar-refractivity contribution in [3.8, 4) is 5.75 Å². The molecule has 2 N–H and O–H groups in total. The highest BCUT2D eigenvalue weighted by atomic mass is 32.2. The Morgan fingerprint density at radius 3 is 2.43 bits per heavy atom. The number of hydrogen-bond donors (Lipinski definition) is 2. The van der Waals surface area contributed by atoms with Gasteiger partial charge in [-0.15, -0.1) is 0 Å². The molecule has 0 radical (unpaired) electrons. The minimum absolute atomic E-state index is 0.0233. The maximum absolute atomic E-state index is 13.7. The Morgan fingerprint density at radius 1 is 1.17 bits per heavy atom. The topological polar surface area (TPSA) is 159 Å². The number of hydrogen-bond acceptors (Lipinski definition) is 9. The average Bonchev–Trinajstić information content (AvgIpc) is 3.28. The number of likely N-dealkylation sites (N-methyl/N-ethyl adjacent to an activating group) is 1. The number of aryl methyl sites for hydroxylation is 2. The number of benzene rings is 2. The molecule has 228 valence electrons. The molecule has 2 aromatic carbocycles. The standard InChI is InChI=1S/C27H33FN4O8S2/c1-16-13-32(17(2)15-33)27(34)23-12-21(30-41(35,36)26-18(3)29-40-19(26)4)8-11-24(23)39-25(16)14-31(5)42(37,38)22-9-6-20(28)7-10-22/h6-12,16-17,25,30,33H,13-15H2,1-5H3/t16-,17-,25+/m1/s1. The van der Waals surface area contributed by atoms with Gasteiger partial charge in [-0.1, -0.05) is 12.1 Å². The number of anilines is 1. The molecule has 0 fully saturated rings. The lowest BCUT2D eigenvalue weighted by molar-refractivity contribution is 0.0387. The molecule has 0 spiro atoms. The SMILES string of the molecule is Cc1noc(C)c1S(=O)(=O)Nc1ccc2c(c1)C(=O)N([C@H](C)CO)C[C@@H](C)[C@H](CN(C)S(=O)(=O)c1ccc(F)cc1)O2. The van der Waals surface area contributed by atoms with Crippen LogP contribution in [0.4, 0.5) is 10.1 Å². The first-order valence-corrected chi connectivity index (χ1v) is 16.0. The van der Waals surface area contributed by atoms with E-state index in [1.807, 2.05) is 0 Å². The van der Waals surface area contributed by atoms with Gasteiger partial charge in [-0.3, -0.25) is 9.52 Å². The van der Waals surface area contributed by atoms with Gasteiger partial charge in [0.1, 0.15) is 23.4 Å². The Labute approximate surface area is 244 Å². The second-order valence-electron chi connectivity index (χ2n) is 10.3. The van der Waals surface area contributed by atoms with E-state index in [1.165, 1.54) is 56.1 Å². The number of sulfonamides is 2. The summed E-state index contributed by atoms with van der Waals surface area (Å²) >= 11 is 0. The van der Waals surface area contributed by atoms with E-state index >= 15 is 0 Å². The number of amides is 1. The van der Waals surface area contributed by atoms with Crippen molar-refractivity contribution in [2.45, 2.75) is 49.6 Å². The maximum atomic E-state index is 13.7. The molecule has 0 bridgehead atoms. The average molecular weight is 625 g/mol. The van der Waals surface area contributed by atoms with Gasteiger partial charge >= 0.3 is 0 Å². The summed E-state index contributed by atoms with van der Waals surface area (Å²) < 4.78 is 80.7. The zero-order valence-electron chi connectivity index (χ0n) is 23.7. The molecule has 4 rings (SSSR count). The summed E-state index contributed by atoms with van der Waals surface area (Å²) in [4.78, 5) is 14.9. The first-order chi connectivity index (χ1) is 19.6. The number of nitrogens with zero attached hydrogens (tertiary/aromatic N) is 3.